The minimum Gasteiger partial charge on any atom is -0.480 e. The van der Waals surface area contributed by atoms with E-state index >= 15 is 0 Å². The van der Waals surface area contributed by atoms with Gasteiger partial charge in [-0.1, -0.05) is 38.1 Å². The molecule has 7 heteroatoms. The van der Waals surface area contributed by atoms with E-state index in [0.717, 1.165) is 28.3 Å². The van der Waals surface area contributed by atoms with Crippen LogP contribution in [-0.2, 0) is 21.2 Å². The molecule has 26 heavy (non-hydrogen) atoms. The number of aliphatic carboxylic acids is 1. The largest absolute Gasteiger partial charge is 0.480 e. The van der Waals surface area contributed by atoms with Gasteiger partial charge in [0, 0.05) is 6.42 Å². The van der Waals surface area contributed by atoms with Gasteiger partial charge in [-0.05, 0) is 41.3 Å². The van der Waals surface area contributed by atoms with Crippen molar-refractivity contribution in [1.29, 1.82) is 0 Å². The predicted molar refractivity (Wildman–Crippen MR) is 99.4 cm³/mol. The SMILES string of the molecule is CC(C)c1ccc(C[C@@H](C(=O)O)N(c2ccc(F)cc2)S(C)(=O)=O)cc1. The average Bonchev–Trinajstić information content (AvgIpc) is 2.55. The number of sulfonamides is 1. The maximum absolute atomic E-state index is 13.2. The fraction of sp³-hybridized carbons (Fsp3) is 0.316. The van der Waals surface area contributed by atoms with Crippen LogP contribution in [0.15, 0.2) is 48.5 Å². The lowest BCUT2D eigenvalue weighted by atomic mass is 9.99. The van der Waals surface area contributed by atoms with E-state index in [1.165, 1.54) is 12.1 Å². The third-order valence-electron chi connectivity index (χ3n) is 4.08. The summed E-state index contributed by atoms with van der Waals surface area (Å²) in [5.41, 5.74) is 1.93. The van der Waals surface area contributed by atoms with E-state index in [0.29, 0.717) is 11.5 Å². The standard InChI is InChI=1S/C19H22FNO4S/c1-13(2)15-6-4-14(5-7-15)12-18(19(22)23)21(26(3,24)25)17-10-8-16(20)9-11-17/h4-11,13,18H,12H2,1-3H3,(H,22,23)/t18-/m0/s1. The quantitative estimate of drug-likeness (QED) is 0.800. The Labute approximate surface area is 153 Å². The summed E-state index contributed by atoms with van der Waals surface area (Å²) in [5.74, 6) is -1.46. The van der Waals surface area contributed by atoms with Gasteiger partial charge in [-0.2, -0.15) is 0 Å². The second kappa shape index (κ2) is 7.86. The van der Waals surface area contributed by atoms with Crippen molar-refractivity contribution in [3.63, 3.8) is 0 Å². The van der Waals surface area contributed by atoms with Crippen LogP contribution in [0.4, 0.5) is 10.1 Å². The topological polar surface area (TPSA) is 74.7 Å². The Morgan fingerprint density at radius 1 is 1.08 bits per heavy atom. The molecule has 140 valence electrons. The first-order chi connectivity index (χ1) is 12.1. The monoisotopic (exact) mass is 379 g/mol. The van der Waals surface area contributed by atoms with Crippen LogP contribution in [0.3, 0.4) is 0 Å². The van der Waals surface area contributed by atoms with Crippen LogP contribution in [0.5, 0.6) is 0 Å². The van der Waals surface area contributed by atoms with Gasteiger partial charge < -0.3 is 5.11 Å². The lowest BCUT2D eigenvalue weighted by Gasteiger charge is -2.29. The zero-order valence-electron chi connectivity index (χ0n) is 14.9. The summed E-state index contributed by atoms with van der Waals surface area (Å²) in [5, 5.41) is 9.65. The first-order valence-corrected chi connectivity index (χ1v) is 10.0. The van der Waals surface area contributed by atoms with Crippen molar-refractivity contribution in [3.05, 3.63) is 65.5 Å². The van der Waals surface area contributed by atoms with E-state index in [2.05, 4.69) is 13.8 Å². The third-order valence-corrected chi connectivity index (χ3v) is 5.26. The second-order valence-corrected chi connectivity index (χ2v) is 8.35. The Kier molecular flexibility index (Phi) is 6.02. The molecule has 0 aromatic heterocycles. The first-order valence-electron chi connectivity index (χ1n) is 8.16. The molecule has 0 radical (unpaired) electrons. The number of carbonyl (C=O) groups is 1. The fourth-order valence-electron chi connectivity index (χ4n) is 2.72. The van der Waals surface area contributed by atoms with Crippen LogP contribution in [0.2, 0.25) is 0 Å². The van der Waals surface area contributed by atoms with E-state index in [1.807, 2.05) is 12.1 Å². The van der Waals surface area contributed by atoms with Crippen LogP contribution in [-0.4, -0.2) is 31.8 Å². The minimum atomic E-state index is -3.89. The molecule has 5 nitrogen and oxygen atoms in total. The van der Waals surface area contributed by atoms with Gasteiger partial charge in [0.15, 0.2) is 0 Å². The average molecular weight is 379 g/mol. The minimum absolute atomic E-state index is 0.00183. The zero-order chi connectivity index (χ0) is 19.5. The van der Waals surface area contributed by atoms with Crippen LogP contribution < -0.4 is 4.31 Å². The molecule has 2 aromatic rings. The maximum atomic E-state index is 13.2. The summed E-state index contributed by atoms with van der Waals surface area (Å²) in [6.45, 7) is 4.10. The highest BCUT2D eigenvalue weighted by Crippen LogP contribution is 2.24. The van der Waals surface area contributed by atoms with Gasteiger partial charge in [-0.25, -0.2) is 17.6 Å². The van der Waals surface area contributed by atoms with Crippen molar-refractivity contribution in [2.45, 2.75) is 32.2 Å². The number of carboxylic acids is 1. The van der Waals surface area contributed by atoms with Crippen LogP contribution in [0, 0.1) is 5.82 Å². The number of rotatable bonds is 7. The Balaban J connectivity index is 2.41. The van der Waals surface area contributed by atoms with Crippen molar-refractivity contribution in [2.75, 3.05) is 10.6 Å². The smallest absolute Gasteiger partial charge is 0.327 e. The number of carboxylic acid groups (broad SMARTS) is 1. The molecule has 0 amide bonds. The molecule has 0 saturated heterocycles. The highest BCUT2D eigenvalue weighted by atomic mass is 32.2. The van der Waals surface area contributed by atoms with Crippen LogP contribution in [0.25, 0.3) is 0 Å². The Morgan fingerprint density at radius 2 is 1.62 bits per heavy atom. The molecule has 0 aliphatic carbocycles. The van der Waals surface area contributed by atoms with Crippen molar-refractivity contribution in [2.24, 2.45) is 0 Å². The van der Waals surface area contributed by atoms with Gasteiger partial charge in [0.1, 0.15) is 11.9 Å². The summed E-state index contributed by atoms with van der Waals surface area (Å²) in [4.78, 5) is 11.8. The third kappa shape index (κ3) is 4.82. The van der Waals surface area contributed by atoms with Gasteiger partial charge in [0.2, 0.25) is 10.0 Å². The number of nitrogens with zero attached hydrogens (tertiary/aromatic N) is 1. The molecule has 2 aromatic carbocycles. The molecule has 0 aliphatic heterocycles. The number of benzene rings is 2. The van der Waals surface area contributed by atoms with Crippen LogP contribution >= 0.6 is 0 Å². The van der Waals surface area contributed by atoms with Gasteiger partial charge in [-0.3, -0.25) is 4.31 Å². The molecule has 0 fully saturated rings. The molecule has 0 bridgehead atoms. The molecule has 1 atom stereocenters. The maximum Gasteiger partial charge on any atom is 0.327 e. The number of halogens is 1. The summed E-state index contributed by atoms with van der Waals surface area (Å²) in [6.07, 6.45) is 0.937. The van der Waals surface area contributed by atoms with Crippen LogP contribution in [0.1, 0.15) is 30.9 Å². The van der Waals surface area contributed by atoms with E-state index < -0.39 is 27.9 Å². The number of hydrogen-bond donors (Lipinski definition) is 1. The molecular formula is C19H22FNO4S. The molecule has 0 spiro atoms. The lowest BCUT2D eigenvalue weighted by Crippen LogP contribution is -2.46. The predicted octanol–water partition coefficient (Wildman–Crippen LogP) is 3.41. The number of hydrogen-bond acceptors (Lipinski definition) is 3. The summed E-state index contributed by atoms with van der Waals surface area (Å²) in [7, 11) is -3.89. The Hall–Kier alpha value is -2.41. The van der Waals surface area contributed by atoms with Gasteiger partial charge >= 0.3 is 5.97 Å². The highest BCUT2D eigenvalue weighted by molar-refractivity contribution is 7.92. The van der Waals surface area contributed by atoms with Crippen molar-refractivity contribution in [3.8, 4) is 0 Å². The van der Waals surface area contributed by atoms with Gasteiger partial charge in [-0.15, -0.1) is 0 Å². The molecule has 2 rings (SSSR count). The molecule has 1 N–H and O–H groups in total. The highest BCUT2D eigenvalue weighted by Gasteiger charge is 2.32. The fourth-order valence-corrected chi connectivity index (χ4v) is 3.85. The van der Waals surface area contributed by atoms with Crippen molar-refractivity contribution in [1.82, 2.24) is 0 Å². The van der Waals surface area contributed by atoms with Gasteiger partial charge in [0.25, 0.3) is 0 Å². The van der Waals surface area contributed by atoms with E-state index in [-0.39, 0.29) is 12.1 Å². The van der Waals surface area contributed by atoms with E-state index in [1.54, 1.807) is 12.1 Å². The summed E-state index contributed by atoms with van der Waals surface area (Å²) < 4.78 is 38.5. The van der Waals surface area contributed by atoms with E-state index in [9.17, 15) is 22.7 Å². The molecule has 0 aliphatic rings. The van der Waals surface area contributed by atoms with Crippen molar-refractivity contribution >= 4 is 21.7 Å². The normalized spacial score (nSPS) is 12.8. The zero-order valence-corrected chi connectivity index (χ0v) is 15.7. The summed E-state index contributed by atoms with van der Waals surface area (Å²) >= 11 is 0. The molecule has 0 unspecified atom stereocenters. The number of anilines is 1. The lowest BCUT2D eigenvalue weighted by molar-refractivity contribution is -0.138. The Morgan fingerprint density at radius 3 is 2.04 bits per heavy atom. The molecule has 0 heterocycles. The Bertz CT molecular complexity index is 861. The molecule has 0 saturated carbocycles. The van der Waals surface area contributed by atoms with Crippen molar-refractivity contribution < 1.29 is 22.7 Å². The first kappa shape index (κ1) is 19.9. The molecular weight excluding hydrogens is 357 g/mol. The summed E-state index contributed by atoms with van der Waals surface area (Å²) in [6, 6.07) is 10.8. The van der Waals surface area contributed by atoms with E-state index in [4.69, 9.17) is 0 Å². The second-order valence-electron chi connectivity index (χ2n) is 6.49. The van der Waals surface area contributed by atoms with Gasteiger partial charge in [0.05, 0.1) is 11.9 Å².